The molecule has 0 radical (unpaired) electrons. The first-order valence-electron chi connectivity index (χ1n) is 4.41. The molecule has 2 heteroatoms. The molecule has 1 nitrogen and oxygen atoms in total. The minimum atomic E-state index is 0.650. The van der Waals surface area contributed by atoms with Crippen LogP contribution in [-0.2, 0) is 0 Å². The molecule has 0 aromatic rings. The Labute approximate surface area is 77.8 Å². The van der Waals surface area contributed by atoms with Crippen LogP contribution in [-0.4, -0.2) is 17.3 Å². The van der Waals surface area contributed by atoms with Gasteiger partial charge in [-0.25, -0.2) is 0 Å². The van der Waals surface area contributed by atoms with Gasteiger partial charge in [0.2, 0.25) is 0 Å². The van der Waals surface area contributed by atoms with Gasteiger partial charge in [-0.15, -0.1) is 6.58 Å². The second-order valence-corrected chi connectivity index (χ2v) is 4.43. The van der Waals surface area contributed by atoms with Crippen molar-refractivity contribution in [2.45, 2.75) is 32.7 Å². The van der Waals surface area contributed by atoms with Crippen LogP contribution in [0.2, 0.25) is 0 Å². The van der Waals surface area contributed by atoms with Crippen LogP contribution in [0.3, 0.4) is 0 Å². The van der Waals surface area contributed by atoms with Crippen molar-refractivity contribution in [2.75, 3.05) is 6.54 Å². The molecule has 0 aliphatic carbocycles. The summed E-state index contributed by atoms with van der Waals surface area (Å²) in [5, 5.41) is 0. The smallest absolute Gasteiger partial charge is 0.0207 e. The van der Waals surface area contributed by atoms with Crippen molar-refractivity contribution in [3.63, 3.8) is 0 Å². The monoisotopic (exact) mass is 183 g/mol. The van der Waals surface area contributed by atoms with Gasteiger partial charge in [0, 0.05) is 12.6 Å². The van der Waals surface area contributed by atoms with E-state index in [0.717, 1.165) is 13.0 Å². The Kier molecular flexibility index (Phi) is 3.49. The molecule has 0 aromatic heterocycles. The Morgan fingerprint density at radius 1 is 1.83 bits per heavy atom. The molecule has 0 aromatic carbocycles. The van der Waals surface area contributed by atoms with Crippen LogP contribution >= 0.6 is 9.39 Å². The fourth-order valence-electron chi connectivity index (χ4n) is 1.57. The van der Waals surface area contributed by atoms with Crippen LogP contribution in [0.25, 0.3) is 0 Å². The molecule has 1 rings (SSSR count). The highest BCUT2D eigenvalue weighted by atomic mass is 31.0. The fraction of sp³-hybridized carbons (Fsp3) is 0.600. The quantitative estimate of drug-likeness (QED) is 0.470. The van der Waals surface area contributed by atoms with E-state index in [0.29, 0.717) is 6.04 Å². The SMILES string of the molecule is C=C(C)C[C@@H]1CC(C)=CCN1P. The summed E-state index contributed by atoms with van der Waals surface area (Å²) in [7, 11) is 2.80. The van der Waals surface area contributed by atoms with E-state index in [1.54, 1.807) is 0 Å². The molecule has 1 heterocycles. The standard InChI is InChI=1S/C10H18NP/c1-8(2)6-10-7-9(3)4-5-11(10)12/h4,10H,1,5-7,12H2,2-3H3/t10-/m1/s1. The van der Waals surface area contributed by atoms with Gasteiger partial charge >= 0.3 is 0 Å². The van der Waals surface area contributed by atoms with Crippen molar-refractivity contribution in [2.24, 2.45) is 0 Å². The van der Waals surface area contributed by atoms with Gasteiger partial charge in [-0.2, -0.15) is 0 Å². The van der Waals surface area contributed by atoms with Crippen molar-refractivity contribution in [3.05, 3.63) is 23.8 Å². The molecule has 1 aliphatic heterocycles. The fourth-order valence-corrected chi connectivity index (χ4v) is 1.89. The minimum Gasteiger partial charge on any atom is -0.280 e. The largest absolute Gasteiger partial charge is 0.280 e. The van der Waals surface area contributed by atoms with Crippen LogP contribution in [0, 0.1) is 0 Å². The predicted octanol–water partition coefficient (Wildman–Crippen LogP) is 2.76. The first-order valence-corrected chi connectivity index (χ1v) is 4.92. The molecular weight excluding hydrogens is 165 g/mol. The molecule has 0 amide bonds. The first-order chi connectivity index (χ1) is 5.59. The van der Waals surface area contributed by atoms with Crippen LogP contribution in [0.1, 0.15) is 26.7 Å². The number of nitrogens with zero attached hydrogens (tertiary/aromatic N) is 1. The van der Waals surface area contributed by atoms with Gasteiger partial charge in [-0.05, 0) is 26.7 Å². The van der Waals surface area contributed by atoms with Crippen LogP contribution in [0.15, 0.2) is 23.8 Å². The van der Waals surface area contributed by atoms with Crippen molar-refractivity contribution < 1.29 is 0 Å². The Balaban J connectivity index is 2.53. The zero-order valence-corrected chi connectivity index (χ0v) is 9.16. The lowest BCUT2D eigenvalue weighted by Gasteiger charge is -2.31. The van der Waals surface area contributed by atoms with Crippen molar-refractivity contribution >= 4 is 9.39 Å². The number of hydrogen-bond acceptors (Lipinski definition) is 1. The van der Waals surface area contributed by atoms with E-state index in [1.807, 2.05) is 0 Å². The van der Waals surface area contributed by atoms with Gasteiger partial charge in [-0.1, -0.05) is 26.6 Å². The molecule has 0 spiro atoms. The maximum atomic E-state index is 3.95. The number of hydrogen-bond donors (Lipinski definition) is 0. The summed E-state index contributed by atoms with van der Waals surface area (Å²) < 4.78 is 2.32. The van der Waals surface area contributed by atoms with E-state index in [9.17, 15) is 0 Å². The van der Waals surface area contributed by atoms with Gasteiger partial charge in [-0.3, -0.25) is 4.67 Å². The molecule has 0 bridgehead atoms. The molecule has 12 heavy (non-hydrogen) atoms. The maximum absolute atomic E-state index is 3.95. The average Bonchev–Trinajstić information content (AvgIpc) is 1.96. The van der Waals surface area contributed by atoms with Crippen molar-refractivity contribution in [1.29, 1.82) is 0 Å². The van der Waals surface area contributed by atoms with Gasteiger partial charge in [0.25, 0.3) is 0 Å². The third-order valence-corrected chi connectivity index (χ3v) is 2.89. The zero-order valence-electron chi connectivity index (χ0n) is 8.01. The van der Waals surface area contributed by atoms with Gasteiger partial charge in [0.15, 0.2) is 0 Å². The van der Waals surface area contributed by atoms with E-state index in [2.05, 4.69) is 40.6 Å². The Bertz CT molecular complexity index is 208. The summed E-state index contributed by atoms with van der Waals surface area (Å²) in [6.45, 7) is 9.33. The normalized spacial score (nSPS) is 25.2. The third kappa shape index (κ3) is 2.73. The summed E-state index contributed by atoms with van der Waals surface area (Å²) in [5.74, 6) is 0. The summed E-state index contributed by atoms with van der Waals surface area (Å²) in [5.41, 5.74) is 2.79. The topological polar surface area (TPSA) is 3.24 Å². The van der Waals surface area contributed by atoms with E-state index in [-0.39, 0.29) is 0 Å². The third-order valence-electron chi connectivity index (χ3n) is 2.26. The van der Waals surface area contributed by atoms with Gasteiger partial charge < -0.3 is 0 Å². The molecule has 2 atom stereocenters. The first kappa shape index (κ1) is 9.95. The van der Waals surface area contributed by atoms with Crippen LogP contribution < -0.4 is 0 Å². The summed E-state index contributed by atoms with van der Waals surface area (Å²) in [6, 6.07) is 0.650. The highest BCUT2D eigenvalue weighted by Crippen LogP contribution is 2.24. The molecule has 0 N–H and O–H groups in total. The predicted molar refractivity (Wildman–Crippen MR) is 58.0 cm³/mol. The van der Waals surface area contributed by atoms with E-state index in [4.69, 9.17) is 0 Å². The Hall–Kier alpha value is -0.130. The van der Waals surface area contributed by atoms with Crippen molar-refractivity contribution in [1.82, 2.24) is 4.67 Å². The second kappa shape index (κ2) is 4.20. The molecule has 0 saturated carbocycles. The van der Waals surface area contributed by atoms with Gasteiger partial charge in [0.1, 0.15) is 0 Å². The summed E-state index contributed by atoms with van der Waals surface area (Å²) >= 11 is 0. The van der Waals surface area contributed by atoms with Crippen LogP contribution in [0.5, 0.6) is 0 Å². The molecule has 68 valence electrons. The molecule has 1 unspecified atom stereocenters. The number of rotatable bonds is 2. The van der Waals surface area contributed by atoms with E-state index < -0.39 is 0 Å². The summed E-state index contributed by atoms with van der Waals surface area (Å²) in [4.78, 5) is 0. The average molecular weight is 183 g/mol. The highest BCUT2D eigenvalue weighted by Gasteiger charge is 2.18. The molecular formula is C10H18NP. The second-order valence-electron chi connectivity index (χ2n) is 3.77. The lowest BCUT2D eigenvalue weighted by molar-refractivity contribution is 0.354. The molecule has 0 fully saturated rings. The Morgan fingerprint density at radius 2 is 2.50 bits per heavy atom. The van der Waals surface area contributed by atoms with E-state index >= 15 is 0 Å². The van der Waals surface area contributed by atoms with Gasteiger partial charge in [0.05, 0.1) is 0 Å². The maximum Gasteiger partial charge on any atom is 0.0207 e. The highest BCUT2D eigenvalue weighted by molar-refractivity contribution is 7.13. The van der Waals surface area contributed by atoms with E-state index in [1.165, 1.54) is 17.6 Å². The molecule has 1 aliphatic rings. The van der Waals surface area contributed by atoms with Crippen LogP contribution in [0.4, 0.5) is 0 Å². The van der Waals surface area contributed by atoms with Crippen molar-refractivity contribution in [3.8, 4) is 0 Å². The Morgan fingerprint density at radius 3 is 3.08 bits per heavy atom. The zero-order chi connectivity index (χ0) is 9.14. The lowest BCUT2D eigenvalue weighted by Crippen LogP contribution is -2.30. The minimum absolute atomic E-state index is 0.650. The summed E-state index contributed by atoms with van der Waals surface area (Å²) in [6.07, 6.45) is 4.60. The molecule has 0 saturated heterocycles. The lowest BCUT2D eigenvalue weighted by atomic mass is 9.98.